The van der Waals surface area contributed by atoms with Gasteiger partial charge in [-0.25, -0.2) is 9.98 Å². The number of halogens is 3. The minimum Gasteiger partial charge on any atom is -0.473 e. The van der Waals surface area contributed by atoms with Crippen LogP contribution in [0.3, 0.4) is 0 Å². The summed E-state index contributed by atoms with van der Waals surface area (Å²) in [6.45, 7) is 2.02. The van der Waals surface area contributed by atoms with Gasteiger partial charge in [0.2, 0.25) is 5.88 Å². The smallest absolute Gasteiger partial charge is 0.345 e. The van der Waals surface area contributed by atoms with E-state index in [0.717, 1.165) is 30.8 Å². The van der Waals surface area contributed by atoms with Crippen molar-refractivity contribution in [3.05, 3.63) is 16.2 Å². The fourth-order valence-electron chi connectivity index (χ4n) is 2.64. The molecule has 5 nitrogen and oxygen atoms in total. The Hall–Kier alpha value is -1.28. The van der Waals surface area contributed by atoms with E-state index in [0.29, 0.717) is 23.2 Å². The van der Waals surface area contributed by atoms with Crippen molar-refractivity contribution in [2.24, 2.45) is 4.99 Å². The number of nitrogens with zero attached hydrogens (tertiary/aromatic N) is 3. The molecule has 140 valence electrons. The summed E-state index contributed by atoms with van der Waals surface area (Å²) in [7, 11) is 1.94. The second-order valence-corrected chi connectivity index (χ2v) is 6.98. The molecule has 2 unspecified atom stereocenters. The topological polar surface area (TPSA) is 47.0 Å². The molecule has 1 aliphatic carbocycles. The lowest BCUT2D eigenvalue weighted by Gasteiger charge is -2.29. The molecule has 1 fully saturated rings. The predicted octanol–water partition coefficient (Wildman–Crippen LogP) is 4.69. The van der Waals surface area contributed by atoms with Crippen LogP contribution in [-0.4, -0.2) is 48.6 Å². The Bertz CT molecular complexity index is 602. The first kappa shape index (κ1) is 20.0. The largest absolute Gasteiger partial charge is 0.473 e. The summed E-state index contributed by atoms with van der Waals surface area (Å²) in [5.41, 5.74) is 1.50. The van der Waals surface area contributed by atoms with Crippen LogP contribution in [0.15, 0.2) is 15.5 Å². The molecule has 25 heavy (non-hydrogen) atoms. The average molecular weight is 420 g/mol. The number of hydrogen-bond acceptors (Lipinski definition) is 4. The van der Waals surface area contributed by atoms with Crippen molar-refractivity contribution in [3.63, 3.8) is 0 Å². The Morgan fingerprint density at radius 3 is 2.84 bits per heavy atom. The third kappa shape index (κ3) is 6.18. The number of aryl methyl sites for hydroxylation is 1. The van der Waals surface area contributed by atoms with Crippen LogP contribution in [0, 0.1) is 6.92 Å². The van der Waals surface area contributed by atoms with Crippen LogP contribution in [0.4, 0.5) is 14.5 Å². The van der Waals surface area contributed by atoms with Gasteiger partial charge in [0.05, 0.1) is 28.3 Å². The Morgan fingerprint density at radius 1 is 1.44 bits per heavy atom. The number of rotatable bonds is 7. The van der Waals surface area contributed by atoms with E-state index in [1.165, 1.54) is 0 Å². The molecule has 0 spiro atoms. The summed E-state index contributed by atoms with van der Waals surface area (Å²) >= 11 is 3.46. The van der Waals surface area contributed by atoms with Gasteiger partial charge >= 0.3 is 6.61 Å². The van der Waals surface area contributed by atoms with Gasteiger partial charge in [-0.2, -0.15) is 8.78 Å². The van der Waals surface area contributed by atoms with E-state index < -0.39 is 12.7 Å². The highest BCUT2D eigenvalue weighted by Crippen LogP contribution is 2.33. The molecule has 1 aliphatic rings. The van der Waals surface area contributed by atoms with E-state index >= 15 is 0 Å². The number of hydrogen-bond donors (Lipinski definition) is 0. The van der Waals surface area contributed by atoms with Gasteiger partial charge in [-0.15, -0.1) is 0 Å². The van der Waals surface area contributed by atoms with Crippen molar-refractivity contribution in [2.75, 3.05) is 13.6 Å². The van der Waals surface area contributed by atoms with Gasteiger partial charge in [0.15, 0.2) is 0 Å². The van der Waals surface area contributed by atoms with Gasteiger partial charge in [0, 0.05) is 20.0 Å². The number of aromatic nitrogens is 1. The SMILES string of the molecule is CCN(C)C=Nc1cc(Br)c(OC2CCCC(OC(F)F)C2)nc1C. The van der Waals surface area contributed by atoms with Crippen LogP contribution in [0.2, 0.25) is 0 Å². The maximum atomic E-state index is 12.4. The first-order valence-electron chi connectivity index (χ1n) is 8.40. The number of alkyl halides is 2. The van der Waals surface area contributed by atoms with E-state index in [1.54, 1.807) is 6.34 Å². The quantitative estimate of drug-likeness (QED) is 0.474. The Kier molecular flexibility index (Phi) is 7.56. The Labute approximate surface area is 155 Å². The van der Waals surface area contributed by atoms with Crippen molar-refractivity contribution in [3.8, 4) is 5.88 Å². The summed E-state index contributed by atoms with van der Waals surface area (Å²) in [6, 6.07) is 1.85. The summed E-state index contributed by atoms with van der Waals surface area (Å²) in [5.74, 6) is 0.461. The summed E-state index contributed by atoms with van der Waals surface area (Å²) in [5, 5.41) is 0. The second kappa shape index (κ2) is 9.43. The van der Waals surface area contributed by atoms with Gasteiger partial charge in [-0.1, -0.05) is 0 Å². The van der Waals surface area contributed by atoms with E-state index in [-0.39, 0.29) is 6.10 Å². The lowest BCUT2D eigenvalue weighted by molar-refractivity contribution is -0.175. The minimum atomic E-state index is -2.74. The third-order valence-corrected chi connectivity index (χ3v) is 4.72. The van der Waals surface area contributed by atoms with Crippen molar-refractivity contribution < 1.29 is 18.3 Å². The lowest BCUT2D eigenvalue weighted by atomic mass is 9.95. The van der Waals surface area contributed by atoms with Crippen molar-refractivity contribution >= 4 is 28.0 Å². The molecular weight excluding hydrogens is 396 g/mol. The van der Waals surface area contributed by atoms with Crippen LogP contribution in [0.1, 0.15) is 38.3 Å². The van der Waals surface area contributed by atoms with Crippen molar-refractivity contribution in [1.29, 1.82) is 0 Å². The molecule has 1 aromatic rings. The van der Waals surface area contributed by atoms with E-state index in [2.05, 4.69) is 30.6 Å². The maximum Gasteiger partial charge on any atom is 0.345 e. The standard InChI is InChI=1S/C17H24BrF2N3O2/c1-4-23(3)10-21-15-9-14(18)16(22-11(15)2)24-12-6-5-7-13(8-12)25-17(19)20/h9-10,12-13,17H,4-8H2,1-3H3. The highest BCUT2D eigenvalue weighted by molar-refractivity contribution is 9.10. The zero-order chi connectivity index (χ0) is 18.4. The molecule has 0 aromatic carbocycles. The monoisotopic (exact) mass is 419 g/mol. The number of aliphatic imine (C=N–C) groups is 1. The van der Waals surface area contributed by atoms with E-state index in [9.17, 15) is 8.78 Å². The Morgan fingerprint density at radius 2 is 2.16 bits per heavy atom. The van der Waals surface area contributed by atoms with Crippen molar-refractivity contribution in [1.82, 2.24) is 9.88 Å². The van der Waals surface area contributed by atoms with Crippen molar-refractivity contribution in [2.45, 2.75) is 58.4 Å². The summed E-state index contributed by atoms with van der Waals surface area (Å²) in [6.07, 6.45) is 3.79. The Balaban J connectivity index is 2.05. The first-order valence-corrected chi connectivity index (χ1v) is 9.20. The zero-order valence-electron chi connectivity index (χ0n) is 14.7. The van der Waals surface area contributed by atoms with Crippen LogP contribution in [-0.2, 0) is 4.74 Å². The van der Waals surface area contributed by atoms with Crippen LogP contribution in [0.5, 0.6) is 5.88 Å². The molecule has 0 saturated heterocycles. The molecule has 1 saturated carbocycles. The normalized spacial score (nSPS) is 21.1. The second-order valence-electron chi connectivity index (χ2n) is 6.12. The van der Waals surface area contributed by atoms with E-state index in [1.807, 2.05) is 31.9 Å². The minimum absolute atomic E-state index is 0.179. The molecule has 2 atom stereocenters. The average Bonchev–Trinajstić information content (AvgIpc) is 2.56. The number of pyridine rings is 1. The lowest BCUT2D eigenvalue weighted by Crippen LogP contribution is -2.31. The van der Waals surface area contributed by atoms with Gasteiger partial charge < -0.3 is 14.4 Å². The molecule has 0 radical (unpaired) electrons. The van der Waals surface area contributed by atoms with Crippen LogP contribution in [0.25, 0.3) is 0 Å². The molecule has 0 N–H and O–H groups in total. The molecule has 2 rings (SSSR count). The van der Waals surface area contributed by atoms with Gasteiger partial charge in [0.1, 0.15) is 6.10 Å². The molecule has 1 aromatic heterocycles. The highest BCUT2D eigenvalue weighted by atomic mass is 79.9. The zero-order valence-corrected chi connectivity index (χ0v) is 16.3. The summed E-state index contributed by atoms with van der Waals surface area (Å²) < 4.78 is 36.0. The molecule has 0 bridgehead atoms. The number of ether oxygens (including phenoxy) is 2. The molecule has 0 aliphatic heterocycles. The van der Waals surface area contributed by atoms with Gasteiger partial charge in [-0.05, 0) is 55.1 Å². The predicted molar refractivity (Wildman–Crippen MR) is 96.9 cm³/mol. The fourth-order valence-corrected chi connectivity index (χ4v) is 3.04. The van der Waals surface area contributed by atoms with Gasteiger partial charge in [0.25, 0.3) is 0 Å². The fraction of sp³-hybridized carbons (Fsp3) is 0.647. The first-order chi connectivity index (χ1) is 11.9. The summed E-state index contributed by atoms with van der Waals surface area (Å²) in [4.78, 5) is 10.8. The van der Waals surface area contributed by atoms with Crippen LogP contribution >= 0.6 is 15.9 Å². The van der Waals surface area contributed by atoms with E-state index in [4.69, 9.17) is 4.74 Å². The third-order valence-electron chi connectivity index (χ3n) is 4.15. The molecule has 0 amide bonds. The highest BCUT2D eigenvalue weighted by Gasteiger charge is 2.27. The maximum absolute atomic E-state index is 12.4. The van der Waals surface area contributed by atoms with Crippen LogP contribution < -0.4 is 4.74 Å². The van der Waals surface area contributed by atoms with Gasteiger partial charge in [-0.3, -0.25) is 0 Å². The molecule has 8 heteroatoms. The molecule has 1 heterocycles. The molecular formula is C17H24BrF2N3O2.